The maximum atomic E-state index is 11.9. The highest BCUT2D eigenvalue weighted by molar-refractivity contribution is 5.94. The molecule has 1 atom stereocenters. The van der Waals surface area contributed by atoms with Crippen molar-refractivity contribution >= 4 is 17.6 Å². The van der Waals surface area contributed by atoms with Gasteiger partial charge in [-0.1, -0.05) is 0 Å². The van der Waals surface area contributed by atoms with E-state index in [2.05, 4.69) is 15.6 Å². The Morgan fingerprint density at radius 3 is 2.86 bits per heavy atom. The van der Waals surface area contributed by atoms with Gasteiger partial charge in [0.25, 0.3) is 5.91 Å². The smallest absolute Gasteiger partial charge is 0.252 e. The minimum Gasteiger partial charge on any atom is -0.365 e. The molecule has 1 unspecified atom stereocenters. The van der Waals surface area contributed by atoms with Crippen LogP contribution in [0.3, 0.4) is 0 Å². The molecule has 0 aromatic carbocycles. The van der Waals surface area contributed by atoms with Crippen LogP contribution in [0.25, 0.3) is 0 Å². The van der Waals surface area contributed by atoms with Crippen molar-refractivity contribution in [1.29, 1.82) is 0 Å². The summed E-state index contributed by atoms with van der Waals surface area (Å²) in [6, 6.07) is 4.11. The first-order chi connectivity index (χ1) is 10.2. The number of pyridine rings is 1. The number of anilines is 1. The average molecular weight is 288 g/mol. The SMILES string of the molecule is CCNC(=O)c1ccc(NC2CC(=O)N(C3CC3)C2)nc1. The van der Waals surface area contributed by atoms with Crippen molar-refractivity contribution < 1.29 is 9.59 Å². The molecule has 112 valence electrons. The molecule has 1 aliphatic carbocycles. The minimum atomic E-state index is -0.118. The largest absolute Gasteiger partial charge is 0.365 e. The van der Waals surface area contributed by atoms with E-state index in [1.807, 2.05) is 11.8 Å². The molecule has 2 heterocycles. The molecule has 2 amide bonds. The van der Waals surface area contributed by atoms with E-state index in [1.165, 1.54) is 0 Å². The van der Waals surface area contributed by atoms with Gasteiger partial charge in [-0.3, -0.25) is 9.59 Å². The number of nitrogens with one attached hydrogen (secondary N) is 2. The summed E-state index contributed by atoms with van der Waals surface area (Å²) >= 11 is 0. The van der Waals surface area contributed by atoms with E-state index in [0.29, 0.717) is 30.4 Å². The first kappa shape index (κ1) is 13.9. The van der Waals surface area contributed by atoms with Gasteiger partial charge in [0, 0.05) is 31.7 Å². The van der Waals surface area contributed by atoms with Crippen molar-refractivity contribution in [3.8, 4) is 0 Å². The number of carbonyl (C=O) groups is 2. The summed E-state index contributed by atoms with van der Waals surface area (Å²) < 4.78 is 0. The standard InChI is InChI=1S/C15H20N4O2/c1-2-16-15(21)10-3-6-13(17-8-10)18-11-7-14(20)19(9-11)12-4-5-12/h3,6,8,11-12H,2,4-5,7,9H2,1H3,(H,16,21)(H,17,18). The minimum absolute atomic E-state index is 0.112. The zero-order valence-corrected chi connectivity index (χ0v) is 12.1. The molecule has 21 heavy (non-hydrogen) atoms. The predicted octanol–water partition coefficient (Wildman–Crippen LogP) is 1.01. The predicted molar refractivity (Wildman–Crippen MR) is 79.0 cm³/mol. The fourth-order valence-electron chi connectivity index (χ4n) is 2.65. The molecule has 0 bridgehead atoms. The van der Waals surface area contributed by atoms with Gasteiger partial charge in [-0.15, -0.1) is 0 Å². The lowest BCUT2D eigenvalue weighted by Crippen LogP contribution is -2.30. The van der Waals surface area contributed by atoms with Crippen molar-refractivity contribution in [2.75, 3.05) is 18.4 Å². The summed E-state index contributed by atoms with van der Waals surface area (Å²) in [5.41, 5.74) is 0.546. The van der Waals surface area contributed by atoms with E-state index >= 15 is 0 Å². The molecular weight excluding hydrogens is 268 g/mol. The first-order valence-electron chi connectivity index (χ1n) is 7.47. The van der Waals surface area contributed by atoms with Gasteiger partial charge in [0.2, 0.25) is 5.91 Å². The van der Waals surface area contributed by atoms with Crippen molar-refractivity contribution in [2.24, 2.45) is 0 Å². The van der Waals surface area contributed by atoms with Crippen LogP contribution in [0, 0.1) is 0 Å². The molecule has 0 radical (unpaired) electrons. The number of amides is 2. The van der Waals surface area contributed by atoms with Crippen molar-refractivity contribution in [3.63, 3.8) is 0 Å². The summed E-state index contributed by atoms with van der Waals surface area (Å²) in [6.45, 7) is 3.23. The van der Waals surface area contributed by atoms with Gasteiger partial charge < -0.3 is 15.5 Å². The molecule has 1 saturated carbocycles. The van der Waals surface area contributed by atoms with Gasteiger partial charge >= 0.3 is 0 Å². The molecule has 2 N–H and O–H groups in total. The average Bonchev–Trinajstić information content (AvgIpc) is 3.24. The Labute approximate surface area is 123 Å². The molecule has 1 aliphatic heterocycles. The monoisotopic (exact) mass is 288 g/mol. The molecule has 2 fully saturated rings. The second kappa shape index (κ2) is 5.71. The van der Waals surface area contributed by atoms with Gasteiger partial charge in [-0.25, -0.2) is 4.98 Å². The number of hydrogen-bond acceptors (Lipinski definition) is 4. The van der Waals surface area contributed by atoms with Crippen LogP contribution in [0.4, 0.5) is 5.82 Å². The Morgan fingerprint density at radius 1 is 1.43 bits per heavy atom. The Hall–Kier alpha value is -2.11. The topological polar surface area (TPSA) is 74.3 Å². The summed E-state index contributed by atoms with van der Waals surface area (Å²) in [5.74, 6) is 0.819. The maximum Gasteiger partial charge on any atom is 0.252 e. The fourth-order valence-corrected chi connectivity index (χ4v) is 2.65. The second-order valence-electron chi connectivity index (χ2n) is 5.61. The third-order valence-corrected chi connectivity index (χ3v) is 3.86. The van der Waals surface area contributed by atoms with Gasteiger partial charge in [0.1, 0.15) is 5.82 Å². The number of aromatic nitrogens is 1. The van der Waals surface area contributed by atoms with E-state index in [-0.39, 0.29) is 17.9 Å². The lowest BCUT2D eigenvalue weighted by molar-refractivity contribution is -0.128. The third-order valence-electron chi connectivity index (χ3n) is 3.86. The van der Waals surface area contributed by atoms with Gasteiger partial charge in [0.05, 0.1) is 11.6 Å². The van der Waals surface area contributed by atoms with Crippen LogP contribution in [0.15, 0.2) is 18.3 Å². The maximum absolute atomic E-state index is 11.9. The van der Waals surface area contributed by atoms with Crippen molar-refractivity contribution in [2.45, 2.75) is 38.3 Å². The number of carbonyl (C=O) groups excluding carboxylic acids is 2. The molecule has 2 aliphatic rings. The second-order valence-corrected chi connectivity index (χ2v) is 5.61. The quantitative estimate of drug-likeness (QED) is 0.848. The Kier molecular flexibility index (Phi) is 3.77. The van der Waals surface area contributed by atoms with Crippen LogP contribution in [0.5, 0.6) is 0 Å². The molecule has 6 nitrogen and oxygen atoms in total. The number of rotatable bonds is 5. The van der Waals surface area contributed by atoms with Crippen LogP contribution in [0.1, 0.15) is 36.5 Å². The molecule has 1 saturated heterocycles. The summed E-state index contributed by atoms with van der Waals surface area (Å²) in [7, 11) is 0. The van der Waals surface area contributed by atoms with Crippen molar-refractivity contribution in [1.82, 2.24) is 15.2 Å². The van der Waals surface area contributed by atoms with E-state index in [9.17, 15) is 9.59 Å². The third kappa shape index (κ3) is 3.15. The molecule has 1 aromatic heterocycles. The van der Waals surface area contributed by atoms with Gasteiger partial charge in [0.15, 0.2) is 0 Å². The van der Waals surface area contributed by atoms with Crippen LogP contribution < -0.4 is 10.6 Å². The lowest BCUT2D eigenvalue weighted by atomic mass is 10.2. The Morgan fingerprint density at radius 2 is 2.24 bits per heavy atom. The summed E-state index contributed by atoms with van der Waals surface area (Å²) in [5, 5.41) is 6.01. The highest BCUT2D eigenvalue weighted by atomic mass is 16.2. The van der Waals surface area contributed by atoms with Crippen LogP contribution in [-0.2, 0) is 4.79 Å². The lowest BCUT2D eigenvalue weighted by Gasteiger charge is -2.16. The van der Waals surface area contributed by atoms with Crippen molar-refractivity contribution in [3.05, 3.63) is 23.9 Å². The molecule has 6 heteroatoms. The summed E-state index contributed by atoms with van der Waals surface area (Å²) in [4.78, 5) is 29.8. The highest BCUT2D eigenvalue weighted by Gasteiger charge is 2.39. The van der Waals surface area contributed by atoms with Gasteiger partial charge in [-0.05, 0) is 31.9 Å². The molecular formula is C15H20N4O2. The molecule has 0 spiro atoms. The van der Waals surface area contributed by atoms with Crippen LogP contribution >= 0.6 is 0 Å². The van der Waals surface area contributed by atoms with Gasteiger partial charge in [-0.2, -0.15) is 0 Å². The van der Waals surface area contributed by atoms with E-state index in [4.69, 9.17) is 0 Å². The Balaban J connectivity index is 1.58. The normalized spacial score (nSPS) is 21.5. The fraction of sp³-hybridized carbons (Fsp3) is 0.533. The molecule has 3 rings (SSSR count). The zero-order chi connectivity index (χ0) is 14.8. The number of hydrogen-bond donors (Lipinski definition) is 2. The highest BCUT2D eigenvalue weighted by Crippen LogP contribution is 2.31. The van der Waals surface area contributed by atoms with E-state index in [0.717, 1.165) is 19.4 Å². The van der Waals surface area contributed by atoms with Crippen LogP contribution in [-0.4, -0.2) is 46.9 Å². The van der Waals surface area contributed by atoms with E-state index in [1.54, 1.807) is 18.3 Å². The molecule has 1 aromatic rings. The number of nitrogens with zero attached hydrogens (tertiary/aromatic N) is 2. The summed E-state index contributed by atoms with van der Waals surface area (Å²) in [6.07, 6.45) is 4.36. The first-order valence-corrected chi connectivity index (χ1v) is 7.47. The number of likely N-dealkylation sites (tertiary alicyclic amines) is 1. The Bertz CT molecular complexity index is 539. The van der Waals surface area contributed by atoms with E-state index < -0.39 is 0 Å². The zero-order valence-electron chi connectivity index (χ0n) is 12.1. The van der Waals surface area contributed by atoms with Crippen LogP contribution in [0.2, 0.25) is 0 Å².